The molecule has 0 amide bonds. The molecular weight excluding hydrogens is 202 g/mol. The highest BCUT2D eigenvalue weighted by molar-refractivity contribution is 5.79. The number of benzene rings is 1. The first-order valence-corrected chi connectivity index (χ1v) is 5.08. The summed E-state index contributed by atoms with van der Waals surface area (Å²) in [7, 11) is 0. The van der Waals surface area contributed by atoms with E-state index in [0.29, 0.717) is 5.69 Å². The first-order valence-electron chi connectivity index (χ1n) is 5.08. The van der Waals surface area contributed by atoms with E-state index in [2.05, 4.69) is 35.3 Å². The van der Waals surface area contributed by atoms with Crippen molar-refractivity contribution in [3.63, 3.8) is 0 Å². The summed E-state index contributed by atoms with van der Waals surface area (Å²) in [4.78, 5) is 18.0. The van der Waals surface area contributed by atoms with Gasteiger partial charge in [-0.15, -0.1) is 0 Å². The van der Waals surface area contributed by atoms with Gasteiger partial charge in [-0.1, -0.05) is 0 Å². The standard InChI is InChI=1S/C12H13N3O/c1-12(2,3)15-7-13-10-6-9(14-8-16)4-5-11(10)15/h4-7H,1-3H3. The summed E-state index contributed by atoms with van der Waals surface area (Å²) < 4.78 is 2.09. The van der Waals surface area contributed by atoms with E-state index in [1.165, 1.54) is 6.08 Å². The maximum Gasteiger partial charge on any atom is 0.240 e. The molecule has 16 heavy (non-hydrogen) atoms. The largest absolute Gasteiger partial charge is 0.325 e. The van der Waals surface area contributed by atoms with E-state index in [4.69, 9.17) is 0 Å². The second-order valence-electron chi connectivity index (χ2n) is 4.66. The molecule has 2 aromatic rings. The van der Waals surface area contributed by atoms with Crippen LogP contribution in [0.15, 0.2) is 29.5 Å². The highest BCUT2D eigenvalue weighted by atomic mass is 16.1. The summed E-state index contributed by atoms with van der Waals surface area (Å²) in [5.41, 5.74) is 2.45. The Morgan fingerprint density at radius 1 is 1.38 bits per heavy atom. The van der Waals surface area contributed by atoms with Gasteiger partial charge in [0, 0.05) is 5.54 Å². The molecule has 0 aliphatic rings. The molecule has 0 aliphatic carbocycles. The predicted octanol–water partition coefficient (Wildman–Crippen LogP) is 2.76. The molecule has 0 saturated carbocycles. The summed E-state index contributed by atoms with van der Waals surface area (Å²) in [6.45, 7) is 6.35. The zero-order valence-corrected chi connectivity index (χ0v) is 9.56. The second-order valence-corrected chi connectivity index (χ2v) is 4.66. The Hall–Kier alpha value is -1.93. The van der Waals surface area contributed by atoms with Crippen LogP contribution in [0.2, 0.25) is 0 Å². The van der Waals surface area contributed by atoms with Crippen molar-refractivity contribution in [1.29, 1.82) is 0 Å². The number of hydrogen-bond donors (Lipinski definition) is 0. The topological polar surface area (TPSA) is 47.2 Å². The Bertz CT molecular complexity index is 571. The second kappa shape index (κ2) is 3.58. The number of imidazole rings is 1. The molecule has 4 nitrogen and oxygen atoms in total. The summed E-state index contributed by atoms with van der Waals surface area (Å²) in [5.74, 6) is 0. The number of aliphatic imine (C=N–C) groups is 1. The smallest absolute Gasteiger partial charge is 0.240 e. The predicted molar refractivity (Wildman–Crippen MR) is 62.5 cm³/mol. The van der Waals surface area contributed by atoms with Gasteiger partial charge >= 0.3 is 0 Å². The van der Waals surface area contributed by atoms with Gasteiger partial charge < -0.3 is 4.57 Å². The molecule has 0 spiro atoms. The van der Waals surface area contributed by atoms with Crippen LogP contribution in [0, 0.1) is 0 Å². The number of isocyanates is 1. The van der Waals surface area contributed by atoms with Gasteiger partial charge in [-0.2, -0.15) is 4.99 Å². The first-order chi connectivity index (χ1) is 7.52. The Labute approximate surface area is 93.6 Å². The summed E-state index contributed by atoms with van der Waals surface area (Å²) in [6, 6.07) is 5.49. The molecular formula is C12H13N3O. The Kier molecular flexibility index (Phi) is 2.37. The number of nitrogens with zero attached hydrogens (tertiary/aromatic N) is 3. The maximum atomic E-state index is 10.2. The van der Waals surface area contributed by atoms with Crippen LogP contribution in [0.5, 0.6) is 0 Å². The highest BCUT2D eigenvalue weighted by Crippen LogP contribution is 2.24. The summed E-state index contributed by atoms with van der Waals surface area (Å²) in [5, 5.41) is 0. The average Bonchev–Trinajstić information content (AvgIpc) is 2.60. The third-order valence-corrected chi connectivity index (χ3v) is 2.43. The maximum absolute atomic E-state index is 10.2. The molecule has 0 bridgehead atoms. The fraction of sp³-hybridized carbons (Fsp3) is 0.333. The van der Waals surface area contributed by atoms with Crippen molar-refractivity contribution in [2.24, 2.45) is 4.99 Å². The van der Waals surface area contributed by atoms with Crippen LogP contribution in [0.25, 0.3) is 11.0 Å². The molecule has 4 heteroatoms. The SMILES string of the molecule is CC(C)(C)n1cnc2cc(N=C=O)ccc21. The lowest BCUT2D eigenvalue weighted by molar-refractivity contribution is 0.408. The normalized spacial score (nSPS) is 11.4. The van der Waals surface area contributed by atoms with Gasteiger partial charge in [0.15, 0.2) is 0 Å². The average molecular weight is 215 g/mol. The van der Waals surface area contributed by atoms with Gasteiger partial charge in [0.25, 0.3) is 0 Å². The third kappa shape index (κ3) is 1.75. The van der Waals surface area contributed by atoms with Crippen LogP contribution in [0.3, 0.4) is 0 Å². The van der Waals surface area contributed by atoms with Crippen LogP contribution < -0.4 is 0 Å². The van der Waals surface area contributed by atoms with Gasteiger partial charge in [-0.05, 0) is 39.0 Å². The lowest BCUT2D eigenvalue weighted by Crippen LogP contribution is -2.20. The number of rotatable bonds is 1. The van der Waals surface area contributed by atoms with E-state index >= 15 is 0 Å². The minimum atomic E-state index is -0.00973. The number of hydrogen-bond acceptors (Lipinski definition) is 3. The van der Waals surface area contributed by atoms with Crippen molar-refractivity contribution in [1.82, 2.24) is 9.55 Å². The quantitative estimate of drug-likeness (QED) is 0.542. The first kappa shape index (κ1) is 10.6. The lowest BCUT2D eigenvalue weighted by Gasteiger charge is -2.21. The summed E-state index contributed by atoms with van der Waals surface area (Å²) in [6.07, 6.45) is 3.33. The molecule has 1 aromatic carbocycles. The molecule has 0 aliphatic heterocycles. The van der Waals surface area contributed by atoms with E-state index in [9.17, 15) is 4.79 Å². The molecule has 0 fully saturated rings. The van der Waals surface area contributed by atoms with Crippen molar-refractivity contribution < 1.29 is 4.79 Å². The molecule has 1 aromatic heterocycles. The molecule has 0 N–H and O–H groups in total. The van der Waals surface area contributed by atoms with Crippen LogP contribution in [-0.2, 0) is 10.3 Å². The number of aromatic nitrogens is 2. The van der Waals surface area contributed by atoms with Gasteiger partial charge in [0.05, 0.1) is 23.0 Å². The van der Waals surface area contributed by atoms with Crippen molar-refractivity contribution in [2.45, 2.75) is 26.3 Å². The molecule has 0 radical (unpaired) electrons. The van der Waals surface area contributed by atoms with E-state index < -0.39 is 0 Å². The van der Waals surface area contributed by atoms with E-state index in [1.807, 2.05) is 6.07 Å². The van der Waals surface area contributed by atoms with Gasteiger partial charge in [0.1, 0.15) is 0 Å². The van der Waals surface area contributed by atoms with Gasteiger partial charge in [-0.3, -0.25) is 0 Å². The minimum Gasteiger partial charge on any atom is -0.325 e. The van der Waals surface area contributed by atoms with Crippen LogP contribution in [0.4, 0.5) is 5.69 Å². The monoisotopic (exact) mass is 215 g/mol. The van der Waals surface area contributed by atoms with Gasteiger partial charge in [0.2, 0.25) is 6.08 Å². The number of fused-ring (bicyclic) bond motifs is 1. The zero-order chi connectivity index (χ0) is 11.8. The van der Waals surface area contributed by atoms with E-state index in [1.54, 1.807) is 18.5 Å². The van der Waals surface area contributed by atoms with Crippen molar-refractivity contribution in [3.05, 3.63) is 24.5 Å². The molecule has 2 rings (SSSR count). The molecule has 1 heterocycles. The van der Waals surface area contributed by atoms with Crippen LogP contribution in [-0.4, -0.2) is 15.6 Å². The minimum absolute atomic E-state index is 0.00973. The van der Waals surface area contributed by atoms with Crippen molar-refractivity contribution in [2.75, 3.05) is 0 Å². The highest BCUT2D eigenvalue weighted by Gasteiger charge is 2.15. The molecule has 82 valence electrons. The molecule has 0 saturated heterocycles. The lowest BCUT2D eigenvalue weighted by atomic mass is 10.1. The fourth-order valence-electron chi connectivity index (χ4n) is 1.66. The molecule has 0 unspecified atom stereocenters. The van der Waals surface area contributed by atoms with Crippen molar-refractivity contribution in [3.8, 4) is 0 Å². The summed E-state index contributed by atoms with van der Waals surface area (Å²) >= 11 is 0. The van der Waals surface area contributed by atoms with Gasteiger partial charge in [-0.25, -0.2) is 9.78 Å². The zero-order valence-electron chi connectivity index (χ0n) is 9.56. The van der Waals surface area contributed by atoms with Crippen LogP contribution >= 0.6 is 0 Å². The Balaban J connectivity index is 2.63. The van der Waals surface area contributed by atoms with E-state index in [-0.39, 0.29) is 5.54 Å². The molecule has 0 atom stereocenters. The fourth-order valence-corrected chi connectivity index (χ4v) is 1.66. The number of carbonyl (C=O) groups excluding carboxylic acids is 1. The van der Waals surface area contributed by atoms with Crippen LogP contribution in [0.1, 0.15) is 20.8 Å². The van der Waals surface area contributed by atoms with Crippen molar-refractivity contribution >= 4 is 22.8 Å². The Morgan fingerprint density at radius 3 is 2.75 bits per heavy atom. The van der Waals surface area contributed by atoms with E-state index in [0.717, 1.165) is 11.0 Å². The Morgan fingerprint density at radius 2 is 2.12 bits per heavy atom. The third-order valence-electron chi connectivity index (χ3n) is 2.43.